The first kappa shape index (κ1) is 61.8. The van der Waals surface area contributed by atoms with Crippen LogP contribution in [0, 0.1) is 0 Å². The molecule has 372 valence electrons. The molecule has 0 aliphatic heterocycles. The molecule has 3 unspecified atom stereocenters. The van der Waals surface area contributed by atoms with E-state index in [2.05, 4.69) is 123 Å². The summed E-state index contributed by atoms with van der Waals surface area (Å²) in [5.74, 6) is -0.571. The monoisotopic (exact) mass is 904 g/mol. The highest BCUT2D eigenvalue weighted by molar-refractivity contribution is 5.77. The summed E-state index contributed by atoms with van der Waals surface area (Å²) in [7, 11) is 0. The van der Waals surface area contributed by atoms with Gasteiger partial charge >= 0.3 is 5.97 Å². The van der Waals surface area contributed by atoms with Crippen molar-refractivity contribution in [3.05, 3.63) is 97.2 Å². The molecule has 0 heterocycles. The number of carbonyl (C=O) groups is 2. The highest BCUT2D eigenvalue weighted by Crippen LogP contribution is 2.16. The van der Waals surface area contributed by atoms with Gasteiger partial charge in [0.15, 0.2) is 0 Å². The van der Waals surface area contributed by atoms with Crippen LogP contribution in [0.25, 0.3) is 0 Å². The molecule has 0 aliphatic rings. The van der Waals surface area contributed by atoms with Crippen LogP contribution in [0.1, 0.15) is 239 Å². The molecule has 0 spiro atoms. The average Bonchev–Trinajstić information content (AvgIpc) is 3.30. The zero-order valence-corrected chi connectivity index (χ0v) is 42.3. The summed E-state index contributed by atoms with van der Waals surface area (Å²) in [6.07, 6.45) is 69.0. The van der Waals surface area contributed by atoms with Crippen LogP contribution in [0.3, 0.4) is 0 Å². The number of ether oxygens (including phenoxy) is 1. The van der Waals surface area contributed by atoms with Crippen molar-refractivity contribution in [3.63, 3.8) is 0 Å². The van der Waals surface area contributed by atoms with Gasteiger partial charge in [0, 0.05) is 6.42 Å². The molecular formula is C59H101NO5. The van der Waals surface area contributed by atoms with Crippen LogP contribution in [0.15, 0.2) is 97.2 Å². The van der Waals surface area contributed by atoms with Gasteiger partial charge in [-0.3, -0.25) is 9.59 Å². The zero-order valence-electron chi connectivity index (χ0n) is 42.3. The molecule has 6 heteroatoms. The van der Waals surface area contributed by atoms with E-state index in [0.29, 0.717) is 19.3 Å². The number of hydrogen-bond donors (Lipinski definition) is 3. The standard InChI is InChI=1S/C59H101NO5/c1-4-7-10-13-16-19-22-24-26-28-29-31-33-35-37-40-43-46-49-52-59(64)65-55(50-47-44-41-38-36-34-32-30-27-25-23-20-17-14-11-8-5-2)53-58(63)60-56(54-61)57(62)51-48-45-42-39-21-18-15-12-9-6-3/h16-17,19-20,24-27,29,31-32,34-35,37-38,41,55-57,61-62H,4-15,18,21-23,28,30,33,36,39-40,42-54H2,1-3H3,(H,60,63)/b19-16-,20-17-,26-24-,27-25-,31-29-,34-32-,37-35-,41-38-. The van der Waals surface area contributed by atoms with E-state index in [1.807, 2.05) is 0 Å². The Balaban J connectivity index is 4.75. The first-order chi connectivity index (χ1) is 32.0. The Morgan fingerprint density at radius 3 is 1.23 bits per heavy atom. The van der Waals surface area contributed by atoms with Gasteiger partial charge in [0.25, 0.3) is 0 Å². The number of amides is 1. The molecule has 0 bridgehead atoms. The van der Waals surface area contributed by atoms with Gasteiger partial charge in [0.2, 0.25) is 5.91 Å². The molecule has 0 aromatic rings. The second-order valence-corrected chi connectivity index (χ2v) is 17.9. The smallest absolute Gasteiger partial charge is 0.306 e. The lowest BCUT2D eigenvalue weighted by Crippen LogP contribution is -2.46. The third-order valence-corrected chi connectivity index (χ3v) is 11.6. The molecule has 0 saturated heterocycles. The summed E-state index contributed by atoms with van der Waals surface area (Å²) in [5.41, 5.74) is 0. The Labute approximate surface area is 401 Å². The van der Waals surface area contributed by atoms with Crippen LogP contribution in [-0.2, 0) is 14.3 Å². The van der Waals surface area contributed by atoms with E-state index >= 15 is 0 Å². The molecule has 0 saturated carbocycles. The largest absolute Gasteiger partial charge is 0.462 e. The molecule has 65 heavy (non-hydrogen) atoms. The molecule has 3 atom stereocenters. The van der Waals surface area contributed by atoms with E-state index in [4.69, 9.17) is 4.74 Å². The van der Waals surface area contributed by atoms with Crippen LogP contribution in [0.5, 0.6) is 0 Å². The number of rotatable bonds is 47. The maximum Gasteiger partial charge on any atom is 0.306 e. The topological polar surface area (TPSA) is 95.9 Å². The van der Waals surface area contributed by atoms with Crippen LogP contribution < -0.4 is 5.32 Å². The summed E-state index contributed by atoms with van der Waals surface area (Å²) in [6, 6.07) is -0.731. The Morgan fingerprint density at radius 1 is 0.446 bits per heavy atom. The molecule has 0 radical (unpaired) electrons. The minimum Gasteiger partial charge on any atom is -0.462 e. The van der Waals surface area contributed by atoms with E-state index in [9.17, 15) is 19.8 Å². The van der Waals surface area contributed by atoms with Crippen molar-refractivity contribution >= 4 is 11.9 Å². The van der Waals surface area contributed by atoms with Gasteiger partial charge < -0.3 is 20.3 Å². The van der Waals surface area contributed by atoms with Crippen molar-refractivity contribution in [2.45, 2.75) is 257 Å². The van der Waals surface area contributed by atoms with Gasteiger partial charge in [-0.15, -0.1) is 0 Å². The third-order valence-electron chi connectivity index (χ3n) is 11.6. The second-order valence-electron chi connectivity index (χ2n) is 17.9. The second kappa shape index (κ2) is 51.8. The molecular weight excluding hydrogens is 803 g/mol. The van der Waals surface area contributed by atoms with Crippen LogP contribution in [0.2, 0.25) is 0 Å². The number of nitrogens with one attached hydrogen (secondary N) is 1. The Bertz CT molecular complexity index is 1290. The normalized spacial score (nSPS) is 14.0. The molecule has 3 N–H and O–H groups in total. The number of carbonyl (C=O) groups excluding carboxylic acids is 2. The molecule has 0 fully saturated rings. The van der Waals surface area contributed by atoms with Crippen molar-refractivity contribution in [2.24, 2.45) is 0 Å². The molecule has 6 nitrogen and oxygen atoms in total. The summed E-state index contributed by atoms with van der Waals surface area (Å²) in [4.78, 5) is 26.2. The van der Waals surface area contributed by atoms with Crippen LogP contribution >= 0.6 is 0 Å². The SMILES string of the molecule is CCCCC/C=C\C/C=C\C/C=C\C/C=C\CCCCCC(=O)OC(CCC/C=C\C/C=C\C/C=C\C/C=C\CCCCC)CC(=O)NC(CO)C(O)CCCCCCCCCCCC. The average molecular weight is 904 g/mol. The number of esters is 1. The summed E-state index contributed by atoms with van der Waals surface area (Å²) in [5, 5.41) is 23.7. The van der Waals surface area contributed by atoms with Gasteiger partial charge in [-0.25, -0.2) is 0 Å². The molecule has 0 aromatic heterocycles. The quantitative estimate of drug-likeness (QED) is 0.0321. The minimum atomic E-state index is -0.812. The number of hydrogen-bond acceptors (Lipinski definition) is 5. The van der Waals surface area contributed by atoms with Crippen LogP contribution in [-0.4, -0.2) is 46.9 Å². The first-order valence-electron chi connectivity index (χ1n) is 27.0. The van der Waals surface area contributed by atoms with E-state index in [1.54, 1.807) is 0 Å². The lowest BCUT2D eigenvalue weighted by molar-refractivity contribution is -0.151. The maximum atomic E-state index is 13.2. The van der Waals surface area contributed by atoms with E-state index in [-0.39, 0.29) is 24.9 Å². The number of aliphatic hydroxyl groups is 2. The number of allylic oxidation sites excluding steroid dienone is 16. The first-order valence-corrected chi connectivity index (χ1v) is 27.0. The van der Waals surface area contributed by atoms with E-state index in [0.717, 1.165) is 96.3 Å². The van der Waals surface area contributed by atoms with Gasteiger partial charge in [-0.2, -0.15) is 0 Å². The summed E-state index contributed by atoms with van der Waals surface area (Å²) < 4.78 is 5.90. The molecule has 0 rings (SSSR count). The molecule has 1 amide bonds. The lowest BCUT2D eigenvalue weighted by Gasteiger charge is -2.24. The van der Waals surface area contributed by atoms with Gasteiger partial charge in [0.05, 0.1) is 25.2 Å². The highest BCUT2D eigenvalue weighted by atomic mass is 16.5. The lowest BCUT2D eigenvalue weighted by atomic mass is 10.0. The van der Waals surface area contributed by atoms with Crippen molar-refractivity contribution < 1.29 is 24.5 Å². The maximum absolute atomic E-state index is 13.2. The number of aliphatic hydroxyl groups excluding tert-OH is 2. The van der Waals surface area contributed by atoms with E-state index in [1.165, 1.54) is 96.3 Å². The summed E-state index contributed by atoms with van der Waals surface area (Å²) >= 11 is 0. The summed E-state index contributed by atoms with van der Waals surface area (Å²) in [6.45, 7) is 6.39. The van der Waals surface area contributed by atoms with Crippen molar-refractivity contribution in [3.8, 4) is 0 Å². The minimum absolute atomic E-state index is 0.0217. The van der Waals surface area contributed by atoms with E-state index < -0.39 is 18.2 Å². The zero-order chi connectivity index (χ0) is 47.4. The fourth-order valence-electron chi connectivity index (χ4n) is 7.52. The molecule has 0 aromatic carbocycles. The Morgan fingerprint density at radius 2 is 0.800 bits per heavy atom. The number of unbranched alkanes of at least 4 members (excludes halogenated alkanes) is 19. The third kappa shape index (κ3) is 47.1. The molecule has 0 aliphatic carbocycles. The highest BCUT2D eigenvalue weighted by Gasteiger charge is 2.24. The van der Waals surface area contributed by atoms with Crippen molar-refractivity contribution in [1.82, 2.24) is 5.32 Å². The van der Waals surface area contributed by atoms with Gasteiger partial charge in [0.1, 0.15) is 6.10 Å². The van der Waals surface area contributed by atoms with Gasteiger partial charge in [-0.05, 0) is 109 Å². The predicted molar refractivity (Wildman–Crippen MR) is 282 cm³/mol. The van der Waals surface area contributed by atoms with Gasteiger partial charge in [-0.1, -0.05) is 214 Å². The fraction of sp³-hybridized carbons (Fsp3) is 0.695. The van der Waals surface area contributed by atoms with Crippen molar-refractivity contribution in [1.29, 1.82) is 0 Å². The Kier molecular flexibility index (Phi) is 49.2. The predicted octanol–water partition coefficient (Wildman–Crippen LogP) is 16.5. The fourth-order valence-corrected chi connectivity index (χ4v) is 7.52. The van der Waals surface area contributed by atoms with Crippen molar-refractivity contribution in [2.75, 3.05) is 6.61 Å². The Hall–Kier alpha value is -3.22. The van der Waals surface area contributed by atoms with Crippen LogP contribution in [0.4, 0.5) is 0 Å².